The molecule has 0 aromatic carbocycles. The van der Waals surface area contributed by atoms with Gasteiger partial charge in [-0.3, -0.25) is 9.20 Å². The summed E-state index contributed by atoms with van der Waals surface area (Å²) in [5, 5.41) is 4.06. The number of rotatable bonds is 4. The van der Waals surface area contributed by atoms with Crippen LogP contribution in [0, 0.1) is 0 Å². The predicted molar refractivity (Wildman–Crippen MR) is 108 cm³/mol. The molecule has 1 aliphatic heterocycles. The predicted octanol–water partition coefficient (Wildman–Crippen LogP) is 2.55. The fraction of sp³-hybridized carbons (Fsp3) is 0.929. The van der Waals surface area contributed by atoms with E-state index >= 15 is 0 Å². The number of halogens is 1. The first-order valence-electron chi connectivity index (χ1n) is 7.34. The zero-order chi connectivity index (χ0) is 15.2. The Hall–Kier alpha value is 0.500. The minimum atomic E-state index is -0.809. The quantitative estimate of drug-likeness (QED) is 0.409. The maximum absolute atomic E-state index is 12.0. The van der Waals surface area contributed by atoms with Gasteiger partial charge in [0.2, 0.25) is 0 Å². The van der Waals surface area contributed by atoms with Crippen molar-refractivity contribution in [3.63, 3.8) is 0 Å². The maximum atomic E-state index is 12.0. The molecule has 2 unspecified atom stereocenters. The smallest absolute Gasteiger partial charge is 0.193 e. The Labute approximate surface area is 153 Å². The molecule has 1 aliphatic rings. The zero-order valence-corrected chi connectivity index (χ0v) is 17.8. The molecular weight excluding hydrogens is 417 g/mol. The third-order valence-electron chi connectivity index (χ3n) is 3.36. The Morgan fingerprint density at radius 1 is 1.48 bits per heavy atom. The van der Waals surface area contributed by atoms with Crippen LogP contribution in [0.25, 0.3) is 0 Å². The normalized spacial score (nSPS) is 21.7. The summed E-state index contributed by atoms with van der Waals surface area (Å²) < 4.78 is 11.9. The molecule has 4 nitrogen and oxygen atoms in total. The molecule has 1 rings (SSSR count). The molecule has 0 spiro atoms. The van der Waals surface area contributed by atoms with Crippen molar-refractivity contribution in [1.82, 2.24) is 10.2 Å². The summed E-state index contributed by atoms with van der Waals surface area (Å²) in [6.07, 6.45) is 1.20. The molecule has 1 N–H and O–H groups in total. The monoisotopic (exact) mass is 447 g/mol. The minimum absolute atomic E-state index is 0. The number of thioether (sulfide) groups is 1. The van der Waals surface area contributed by atoms with Crippen LogP contribution in [0.15, 0.2) is 4.99 Å². The summed E-state index contributed by atoms with van der Waals surface area (Å²) in [5.41, 5.74) is 0. The number of guanidine groups is 1. The van der Waals surface area contributed by atoms with E-state index in [0.717, 1.165) is 31.3 Å². The molecule has 1 saturated heterocycles. The van der Waals surface area contributed by atoms with Crippen LogP contribution in [0.3, 0.4) is 0 Å². The topological polar surface area (TPSA) is 44.7 Å². The molecule has 0 aromatic heterocycles. The van der Waals surface area contributed by atoms with E-state index < -0.39 is 10.8 Å². The van der Waals surface area contributed by atoms with Gasteiger partial charge < -0.3 is 10.2 Å². The lowest BCUT2D eigenvalue weighted by molar-refractivity contribution is 0.409. The first-order chi connectivity index (χ1) is 9.38. The molecule has 1 fully saturated rings. The summed E-state index contributed by atoms with van der Waals surface area (Å²) in [7, 11) is 1.02. The molecule has 0 radical (unpaired) electrons. The average Bonchev–Trinajstić information content (AvgIpc) is 2.42. The van der Waals surface area contributed by atoms with Crippen LogP contribution in [0.2, 0.25) is 0 Å². The molecule has 0 saturated carbocycles. The second-order valence-corrected chi connectivity index (χ2v) is 9.72. The summed E-state index contributed by atoms with van der Waals surface area (Å²) >= 11 is 2.05. The highest BCUT2D eigenvalue weighted by atomic mass is 127. The zero-order valence-electron chi connectivity index (χ0n) is 13.8. The molecule has 0 bridgehead atoms. The van der Waals surface area contributed by atoms with Gasteiger partial charge in [-0.05, 0) is 27.2 Å². The van der Waals surface area contributed by atoms with Gasteiger partial charge in [-0.15, -0.1) is 24.0 Å². The lowest BCUT2D eigenvalue weighted by Crippen LogP contribution is -2.48. The van der Waals surface area contributed by atoms with Crippen LogP contribution in [0.5, 0.6) is 0 Å². The number of nitrogens with one attached hydrogen (secondary N) is 1. The van der Waals surface area contributed by atoms with Crippen molar-refractivity contribution in [1.29, 1.82) is 0 Å². The third kappa shape index (κ3) is 7.54. The Balaban J connectivity index is 0.00000400. The van der Waals surface area contributed by atoms with Gasteiger partial charge in [0.15, 0.2) is 5.96 Å². The van der Waals surface area contributed by atoms with E-state index in [0.29, 0.717) is 11.0 Å². The van der Waals surface area contributed by atoms with E-state index in [9.17, 15) is 4.21 Å². The van der Waals surface area contributed by atoms with E-state index in [1.54, 1.807) is 0 Å². The molecule has 2 atom stereocenters. The number of nitrogens with zero attached hydrogens (tertiary/aromatic N) is 2. The number of aliphatic imine (C=N–C) groups is 1. The summed E-state index contributed by atoms with van der Waals surface area (Å²) in [5.74, 6) is 2.78. The molecule has 0 aromatic rings. The van der Waals surface area contributed by atoms with Crippen molar-refractivity contribution < 1.29 is 4.21 Å². The van der Waals surface area contributed by atoms with Crippen LogP contribution in [0.4, 0.5) is 0 Å². The first kappa shape index (κ1) is 21.5. The summed E-state index contributed by atoms with van der Waals surface area (Å²) in [6.45, 7) is 11.1. The second kappa shape index (κ2) is 10.3. The van der Waals surface area contributed by atoms with Crippen molar-refractivity contribution in [2.45, 2.75) is 44.1 Å². The van der Waals surface area contributed by atoms with Gasteiger partial charge in [0.05, 0.1) is 0 Å². The van der Waals surface area contributed by atoms with Gasteiger partial charge in [-0.25, -0.2) is 0 Å². The summed E-state index contributed by atoms with van der Waals surface area (Å²) in [4.78, 5) is 6.69. The van der Waals surface area contributed by atoms with E-state index in [1.807, 2.05) is 27.8 Å². The van der Waals surface area contributed by atoms with Crippen molar-refractivity contribution in [2.24, 2.45) is 4.99 Å². The fourth-order valence-electron chi connectivity index (χ4n) is 2.05. The maximum Gasteiger partial charge on any atom is 0.193 e. The highest BCUT2D eigenvalue weighted by Crippen LogP contribution is 2.21. The van der Waals surface area contributed by atoms with E-state index in [4.69, 9.17) is 0 Å². The molecule has 1 heterocycles. The lowest BCUT2D eigenvalue weighted by atomic mass is 10.3. The Kier molecular flexibility index (Phi) is 10.6. The molecule has 0 amide bonds. The minimum Gasteiger partial charge on any atom is -0.355 e. The second-order valence-electron chi connectivity index (χ2n) is 5.98. The first-order valence-corrected chi connectivity index (χ1v) is 9.71. The van der Waals surface area contributed by atoms with Gasteiger partial charge in [0, 0.05) is 59.0 Å². The van der Waals surface area contributed by atoms with Crippen LogP contribution in [-0.4, -0.2) is 63.3 Å². The highest BCUT2D eigenvalue weighted by Gasteiger charge is 2.22. The third-order valence-corrected chi connectivity index (χ3v) is 6.67. The number of hydrogen-bond acceptors (Lipinski definition) is 3. The van der Waals surface area contributed by atoms with Crippen molar-refractivity contribution in [2.75, 3.05) is 38.2 Å². The lowest BCUT2D eigenvalue weighted by Gasteiger charge is -2.34. The number of hydrogen-bond donors (Lipinski definition) is 1. The SMILES string of the molecule is CCC1CN(C(=NC)NCCS(=O)C(C)(C)C)CCS1.I. The van der Waals surface area contributed by atoms with E-state index in [-0.39, 0.29) is 28.7 Å². The molecule has 21 heavy (non-hydrogen) atoms. The van der Waals surface area contributed by atoms with Crippen LogP contribution in [-0.2, 0) is 10.8 Å². The average molecular weight is 447 g/mol. The van der Waals surface area contributed by atoms with Crippen LogP contribution < -0.4 is 5.32 Å². The Morgan fingerprint density at radius 2 is 2.14 bits per heavy atom. The molecule has 0 aliphatic carbocycles. The van der Waals surface area contributed by atoms with Gasteiger partial charge in [0.25, 0.3) is 0 Å². The van der Waals surface area contributed by atoms with Gasteiger partial charge >= 0.3 is 0 Å². The van der Waals surface area contributed by atoms with Gasteiger partial charge in [0.1, 0.15) is 0 Å². The standard InChI is InChI=1S/C14H29N3OS2.HI/c1-6-12-11-17(8-9-19-12)13(15-5)16-7-10-20(18)14(2,3)4;/h12H,6-11H2,1-5H3,(H,15,16);1H. The highest BCUT2D eigenvalue weighted by molar-refractivity contribution is 14.0. The van der Waals surface area contributed by atoms with E-state index in [1.165, 1.54) is 6.42 Å². The van der Waals surface area contributed by atoms with Crippen LogP contribution in [0.1, 0.15) is 34.1 Å². The van der Waals surface area contributed by atoms with Crippen molar-refractivity contribution in [3.05, 3.63) is 0 Å². The fourth-order valence-corrected chi connectivity index (χ4v) is 4.13. The van der Waals surface area contributed by atoms with Gasteiger partial charge in [-0.2, -0.15) is 11.8 Å². The van der Waals surface area contributed by atoms with Gasteiger partial charge in [-0.1, -0.05) is 6.92 Å². The molecular formula is C14H30IN3OS2. The van der Waals surface area contributed by atoms with E-state index in [2.05, 4.69) is 33.9 Å². The largest absolute Gasteiger partial charge is 0.355 e. The Bertz CT molecular complexity index is 359. The van der Waals surface area contributed by atoms with Crippen molar-refractivity contribution in [3.8, 4) is 0 Å². The Morgan fingerprint density at radius 3 is 2.67 bits per heavy atom. The molecule has 7 heteroatoms. The molecule has 126 valence electrons. The van der Waals surface area contributed by atoms with Crippen molar-refractivity contribution >= 4 is 52.5 Å². The van der Waals surface area contributed by atoms with Crippen LogP contribution >= 0.6 is 35.7 Å². The summed E-state index contributed by atoms with van der Waals surface area (Å²) in [6, 6.07) is 0.